The maximum atomic E-state index is 6.63. The number of hydrogen-bond acceptors (Lipinski definition) is 4. The van der Waals surface area contributed by atoms with Crippen molar-refractivity contribution in [3.63, 3.8) is 0 Å². The third-order valence-corrected chi connectivity index (χ3v) is 29.1. The highest BCUT2D eigenvalue weighted by Crippen LogP contribution is 2.61. The molecule has 2 nitrogen and oxygen atoms in total. The summed E-state index contributed by atoms with van der Waals surface area (Å²) >= 11 is 26.4. The fourth-order valence-electron chi connectivity index (χ4n) is 19.5. The Hall–Kier alpha value is -11.1. The largest absolute Gasteiger partial charge is 0.455 e. The Kier molecular flexibility index (Phi) is 16.6. The summed E-state index contributed by atoms with van der Waals surface area (Å²) in [6.07, 6.45) is 0. The maximum absolute atomic E-state index is 6.63. The lowest BCUT2D eigenvalue weighted by Gasteiger charge is -2.33. The van der Waals surface area contributed by atoms with Gasteiger partial charge in [-0.05, 0) is 159 Å². The standard InChI is InChI=1S/C31H19ClO.C27H19ClO.C27H19ClS.C21H15BrS/c32-22-15-16-25-27(19-22)31(20-9-3-1-4-10-20,21-11-5-2-6-12-21)26-18-17-24-23-13-7-8-14-28(23)33-30(24)29(25)26;2*1-27(2)22-9-4-3-6-21(22)24-23(27)15-14-20-19-8-5-7-18(25(19)29-26(20)24)16-10-12-17(28)13-11-16;1-21(2)15-8-4-3-6-14(15)18-16(21)11-10-13-12-7-5-9-17(22)19(12)23-20(13)18/h1-19H;2*3-15H,1-2H3;3-11H,1-2H3. The van der Waals surface area contributed by atoms with E-state index in [2.05, 4.69) is 330 Å². The number of halogens is 4. The van der Waals surface area contributed by atoms with Gasteiger partial charge >= 0.3 is 0 Å². The van der Waals surface area contributed by atoms with E-state index in [0.717, 1.165) is 70.2 Å². The van der Waals surface area contributed by atoms with E-state index in [9.17, 15) is 0 Å². The van der Waals surface area contributed by atoms with Crippen molar-refractivity contribution in [1.82, 2.24) is 0 Å². The van der Waals surface area contributed by atoms with Crippen LogP contribution in [-0.2, 0) is 21.7 Å². The molecule has 0 amide bonds. The zero-order chi connectivity index (χ0) is 77.3. The summed E-state index contributed by atoms with van der Waals surface area (Å²) in [5.74, 6) is 0. The average Bonchev–Trinajstić information content (AvgIpc) is 1.53. The van der Waals surface area contributed by atoms with Crippen LogP contribution in [0, 0.1) is 0 Å². The number of para-hydroxylation sites is 2. The van der Waals surface area contributed by atoms with E-state index in [4.69, 9.17) is 43.6 Å². The van der Waals surface area contributed by atoms with Crippen molar-refractivity contribution in [2.24, 2.45) is 0 Å². The topological polar surface area (TPSA) is 26.3 Å². The van der Waals surface area contributed by atoms with Crippen molar-refractivity contribution < 1.29 is 8.83 Å². The van der Waals surface area contributed by atoms with Crippen LogP contribution in [0.15, 0.2) is 341 Å². The minimum Gasteiger partial charge on any atom is -0.455 e. The molecular weight excluding hydrogens is 1560 g/mol. The summed E-state index contributed by atoms with van der Waals surface area (Å²) in [5.41, 5.74) is 31.9. The molecule has 24 rings (SSSR count). The molecule has 0 atom stereocenters. The van der Waals surface area contributed by atoms with Gasteiger partial charge in [-0.1, -0.05) is 355 Å². The zero-order valence-electron chi connectivity index (χ0n) is 63.3. The molecule has 0 N–H and O–H groups in total. The molecule has 114 heavy (non-hydrogen) atoms. The first-order valence-corrected chi connectivity index (χ1v) is 42.3. The van der Waals surface area contributed by atoms with Crippen LogP contribution in [0.1, 0.15) is 97.2 Å². The maximum Gasteiger partial charge on any atom is 0.143 e. The molecule has 20 aromatic rings. The Balaban J connectivity index is 0.0000000961. The lowest BCUT2D eigenvalue weighted by molar-refractivity contribution is 0.653. The molecular formula is C106H72BrCl3O2S2. The molecule has 16 aromatic carbocycles. The van der Waals surface area contributed by atoms with Gasteiger partial charge in [0.15, 0.2) is 0 Å². The summed E-state index contributed by atoms with van der Waals surface area (Å²) in [7, 11) is 0. The van der Waals surface area contributed by atoms with Crippen LogP contribution in [0.4, 0.5) is 0 Å². The van der Waals surface area contributed by atoms with Gasteiger partial charge in [-0.15, -0.1) is 22.7 Å². The van der Waals surface area contributed by atoms with Gasteiger partial charge < -0.3 is 8.83 Å². The van der Waals surface area contributed by atoms with Crippen LogP contribution in [0.25, 0.3) is 151 Å². The van der Waals surface area contributed by atoms with Gasteiger partial charge in [-0.2, -0.15) is 0 Å². The van der Waals surface area contributed by atoms with Crippen molar-refractivity contribution in [2.45, 2.75) is 63.2 Å². The predicted molar refractivity (Wildman–Crippen MR) is 490 cm³/mol. The molecule has 4 aromatic heterocycles. The number of hydrogen-bond donors (Lipinski definition) is 0. The molecule has 0 unspecified atom stereocenters. The van der Waals surface area contributed by atoms with Gasteiger partial charge in [0.05, 0.1) is 5.41 Å². The lowest BCUT2D eigenvalue weighted by Crippen LogP contribution is -2.28. The summed E-state index contributed by atoms with van der Waals surface area (Å²) < 4.78 is 19.8. The first-order chi connectivity index (χ1) is 55.5. The van der Waals surface area contributed by atoms with Gasteiger partial charge in [0.1, 0.15) is 22.3 Å². The smallest absolute Gasteiger partial charge is 0.143 e. The summed E-state index contributed by atoms with van der Waals surface area (Å²) in [6.45, 7) is 14.0. The fourth-order valence-corrected chi connectivity index (χ4v) is 23.2. The van der Waals surface area contributed by atoms with Crippen molar-refractivity contribution in [3.8, 4) is 66.8 Å². The predicted octanol–water partition coefficient (Wildman–Crippen LogP) is 32.6. The molecule has 4 heterocycles. The first-order valence-electron chi connectivity index (χ1n) is 38.8. The number of fused-ring (bicyclic) bond motifs is 28. The van der Waals surface area contributed by atoms with Gasteiger partial charge in [-0.3, -0.25) is 0 Å². The molecule has 548 valence electrons. The Morgan fingerprint density at radius 3 is 1.21 bits per heavy atom. The zero-order valence-corrected chi connectivity index (χ0v) is 68.8. The monoisotopic (exact) mass is 1620 g/mol. The third kappa shape index (κ3) is 10.6. The molecule has 0 bridgehead atoms. The van der Waals surface area contributed by atoms with Crippen molar-refractivity contribution in [2.75, 3.05) is 0 Å². The van der Waals surface area contributed by atoms with E-state index in [-0.39, 0.29) is 16.2 Å². The second-order valence-corrected chi connectivity index (χ2v) is 36.2. The highest BCUT2D eigenvalue weighted by Gasteiger charge is 2.48. The molecule has 0 fully saturated rings. The molecule has 0 saturated carbocycles. The number of benzene rings is 16. The summed E-state index contributed by atoms with van der Waals surface area (Å²) in [4.78, 5) is 0. The Morgan fingerprint density at radius 1 is 0.254 bits per heavy atom. The van der Waals surface area contributed by atoms with Crippen LogP contribution in [-0.4, -0.2) is 0 Å². The Morgan fingerprint density at radius 2 is 0.632 bits per heavy atom. The Labute approximate surface area is 693 Å². The minimum atomic E-state index is -0.481. The van der Waals surface area contributed by atoms with Crippen LogP contribution in [0.5, 0.6) is 0 Å². The number of furan rings is 2. The van der Waals surface area contributed by atoms with Crippen LogP contribution >= 0.6 is 73.4 Å². The minimum absolute atomic E-state index is 0.0297. The fraction of sp³-hybridized carbons (Fsp3) is 0.0943. The quantitative estimate of drug-likeness (QED) is 0.176. The molecule has 0 aliphatic heterocycles. The van der Waals surface area contributed by atoms with Crippen LogP contribution in [0.2, 0.25) is 15.1 Å². The summed E-state index contributed by atoms with van der Waals surface area (Å²) in [5, 5.41) is 12.3. The van der Waals surface area contributed by atoms with E-state index in [1.165, 1.54) is 156 Å². The van der Waals surface area contributed by atoms with Gasteiger partial charge in [0.25, 0.3) is 0 Å². The Bertz CT molecular complexity index is 7100. The third-order valence-electron chi connectivity index (χ3n) is 24.9. The van der Waals surface area contributed by atoms with Gasteiger partial charge in [0.2, 0.25) is 0 Å². The van der Waals surface area contributed by atoms with Crippen molar-refractivity contribution >= 4 is 158 Å². The molecule has 0 radical (unpaired) electrons. The molecule has 4 aliphatic rings. The van der Waals surface area contributed by atoms with Crippen LogP contribution in [0.3, 0.4) is 0 Å². The highest BCUT2D eigenvalue weighted by atomic mass is 79.9. The first kappa shape index (κ1) is 70.7. The lowest BCUT2D eigenvalue weighted by atomic mass is 9.67. The number of rotatable bonds is 4. The summed E-state index contributed by atoms with van der Waals surface area (Å²) in [6, 6.07) is 116. The van der Waals surface area contributed by atoms with Crippen molar-refractivity contribution in [1.29, 1.82) is 0 Å². The molecule has 0 saturated heterocycles. The SMILES string of the molecule is CC1(C)c2ccccc2-c2c1ccc1c2oc2c(-c3ccc(Cl)cc3)cccc21.CC1(C)c2ccccc2-c2c1ccc1c2sc2c(-c3ccc(Cl)cc3)cccc21.CC1(C)c2ccccc2-c2c1ccc1c2sc2c(Br)cccc21.Clc1ccc2c(c1)C(c1ccccc1)(c1ccccc1)c1ccc3c(oc4ccccc43)c1-2. The van der Waals surface area contributed by atoms with E-state index < -0.39 is 5.41 Å². The normalized spacial score (nSPS) is 14.3. The van der Waals surface area contributed by atoms with Gasteiger partial charge in [0, 0.05) is 125 Å². The highest BCUT2D eigenvalue weighted by molar-refractivity contribution is 9.10. The average molecular weight is 1630 g/mol. The second-order valence-electron chi connectivity index (χ2n) is 32.0. The second kappa shape index (κ2) is 26.8. The van der Waals surface area contributed by atoms with Crippen molar-refractivity contribution in [3.05, 3.63) is 403 Å². The molecule has 8 heteroatoms. The van der Waals surface area contributed by atoms with E-state index in [1.54, 1.807) is 0 Å². The van der Waals surface area contributed by atoms with E-state index >= 15 is 0 Å². The van der Waals surface area contributed by atoms with Gasteiger partial charge in [-0.25, -0.2) is 0 Å². The van der Waals surface area contributed by atoms with E-state index in [1.807, 2.05) is 77.3 Å². The van der Waals surface area contributed by atoms with E-state index in [0.29, 0.717) is 0 Å². The number of thiophene rings is 2. The molecule has 0 spiro atoms. The molecule has 4 aliphatic carbocycles. The van der Waals surface area contributed by atoms with Crippen LogP contribution < -0.4 is 0 Å².